The number of aliphatic hydroxyl groups is 2. The fourth-order valence-electron chi connectivity index (χ4n) is 4.38. The van der Waals surface area contributed by atoms with Crippen molar-refractivity contribution in [2.45, 2.75) is 70.0 Å². The first-order valence-corrected chi connectivity index (χ1v) is 11.0. The molecule has 3 heterocycles. The lowest BCUT2D eigenvalue weighted by molar-refractivity contribution is -0.137. The van der Waals surface area contributed by atoms with E-state index in [4.69, 9.17) is 10.5 Å². The third-order valence-corrected chi connectivity index (χ3v) is 6.08. The number of carbonyl (C=O) groups is 2. The molecule has 2 amide bonds. The number of imidazole rings is 1. The highest BCUT2D eigenvalue weighted by Gasteiger charge is 2.47. The van der Waals surface area contributed by atoms with Crippen LogP contribution < -0.4 is 16.4 Å². The zero-order valence-corrected chi connectivity index (χ0v) is 17.9. The zero-order valence-electron chi connectivity index (χ0n) is 17.9. The number of nitrogen functional groups attached to an aromatic ring is 1. The van der Waals surface area contributed by atoms with Crippen molar-refractivity contribution in [3.05, 3.63) is 6.33 Å². The lowest BCUT2D eigenvalue weighted by atomic mass is 10.0. The SMILES string of the molecule is CCNC(=O)[C@H]1O[C@@H](n2cnc3c(N)nc(NC(=O)CCC4CCCC4)nc32)[C@H](O)[C@@H]1O. The van der Waals surface area contributed by atoms with Crippen LogP contribution in [0.4, 0.5) is 11.8 Å². The Kier molecular flexibility index (Phi) is 6.53. The molecule has 1 saturated heterocycles. The summed E-state index contributed by atoms with van der Waals surface area (Å²) >= 11 is 0. The van der Waals surface area contributed by atoms with Crippen molar-refractivity contribution in [3.63, 3.8) is 0 Å². The molecule has 0 aromatic carbocycles. The lowest BCUT2D eigenvalue weighted by Gasteiger charge is -2.16. The average molecular weight is 447 g/mol. The van der Waals surface area contributed by atoms with Crippen LogP contribution in [0.15, 0.2) is 6.33 Å². The topological polar surface area (TPSA) is 178 Å². The van der Waals surface area contributed by atoms with Crippen molar-refractivity contribution >= 4 is 34.7 Å². The molecule has 6 N–H and O–H groups in total. The van der Waals surface area contributed by atoms with E-state index in [0.29, 0.717) is 18.9 Å². The minimum atomic E-state index is -1.43. The number of anilines is 2. The zero-order chi connectivity index (χ0) is 22.8. The third-order valence-electron chi connectivity index (χ3n) is 6.08. The van der Waals surface area contributed by atoms with E-state index in [1.165, 1.54) is 23.7 Å². The molecule has 1 aliphatic carbocycles. The number of rotatable bonds is 7. The molecule has 2 aromatic heterocycles. The molecule has 174 valence electrons. The highest BCUT2D eigenvalue weighted by Crippen LogP contribution is 2.33. The number of hydrogen-bond donors (Lipinski definition) is 5. The molecule has 0 radical (unpaired) electrons. The summed E-state index contributed by atoms with van der Waals surface area (Å²) in [6, 6.07) is 0. The molecule has 32 heavy (non-hydrogen) atoms. The van der Waals surface area contributed by atoms with Crippen LogP contribution in [0.25, 0.3) is 11.2 Å². The van der Waals surface area contributed by atoms with Crippen LogP contribution in [0.2, 0.25) is 0 Å². The van der Waals surface area contributed by atoms with E-state index in [1.807, 2.05) is 0 Å². The van der Waals surface area contributed by atoms with Crippen LogP contribution in [0, 0.1) is 5.92 Å². The largest absolute Gasteiger partial charge is 0.387 e. The van der Waals surface area contributed by atoms with Gasteiger partial charge < -0.3 is 26.0 Å². The van der Waals surface area contributed by atoms with Gasteiger partial charge in [-0.3, -0.25) is 19.5 Å². The van der Waals surface area contributed by atoms with E-state index in [9.17, 15) is 19.8 Å². The van der Waals surface area contributed by atoms with Crippen molar-refractivity contribution in [3.8, 4) is 0 Å². The van der Waals surface area contributed by atoms with Crippen LogP contribution in [-0.2, 0) is 14.3 Å². The Morgan fingerprint density at radius 3 is 2.72 bits per heavy atom. The molecule has 2 aliphatic rings. The van der Waals surface area contributed by atoms with E-state index >= 15 is 0 Å². The maximum absolute atomic E-state index is 12.4. The number of aliphatic hydroxyl groups excluding tert-OH is 2. The summed E-state index contributed by atoms with van der Waals surface area (Å²) in [6.45, 7) is 2.09. The number of carbonyl (C=O) groups excluding carboxylic acids is 2. The Labute approximate surface area is 184 Å². The molecule has 2 fully saturated rings. The summed E-state index contributed by atoms with van der Waals surface area (Å²) in [7, 11) is 0. The second-order valence-electron chi connectivity index (χ2n) is 8.32. The number of hydrogen-bond acceptors (Lipinski definition) is 9. The maximum Gasteiger partial charge on any atom is 0.252 e. The Bertz CT molecular complexity index is 990. The van der Waals surface area contributed by atoms with Crippen molar-refractivity contribution in [2.24, 2.45) is 5.92 Å². The Morgan fingerprint density at radius 1 is 1.25 bits per heavy atom. The standard InChI is InChI=1S/C20H29N7O5/c1-2-22-18(31)15-13(29)14(30)19(32-15)27-9-23-12-16(21)25-20(26-17(12)27)24-11(28)8-7-10-5-3-4-6-10/h9-10,13-15,19,29-30H,2-8H2,1H3,(H,22,31)(H3,21,24,25,26,28)/t13-,14+,15-,19+/m0/s1. The van der Waals surface area contributed by atoms with Gasteiger partial charge in [0.2, 0.25) is 11.9 Å². The third kappa shape index (κ3) is 4.38. The number of nitrogens with zero attached hydrogens (tertiary/aromatic N) is 4. The number of ether oxygens (including phenoxy) is 1. The van der Waals surface area contributed by atoms with Gasteiger partial charge in [0.25, 0.3) is 5.91 Å². The molecule has 4 atom stereocenters. The van der Waals surface area contributed by atoms with E-state index < -0.39 is 30.4 Å². The smallest absolute Gasteiger partial charge is 0.252 e. The van der Waals surface area contributed by atoms with Gasteiger partial charge in [-0.25, -0.2) is 4.98 Å². The molecule has 1 aliphatic heterocycles. The van der Waals surface area contributed by atoms with Gasteiger partial charge in [-0.05, 0) is 19.3 Å². The summed E-state index contributed by atoms with van der Waals surface area (Å²) < 4.78 is 7.00. The average Bonchev–Trinajstić information content (AvgIpc) is 3.48. The Hall–Kier alpha value is -2.83. The summed E-state index contributed by atoms with van der Waals surface area (Å²) in [5.41, 5.74) is 6.46. The van der Waals surface area contributed by atoms with Crippen molar-refractivity contribution in [1.82, 2.24) is 24.8 Å². The monoisotopic (exact) mass is 447 g/mol. The van der Waals surface area contributed by atoms with Gasteiger partial charge in [0.1, 0.15) is 17.7 Å². The number of fused-ring (bicyclic) bond motifs is 1. The number of nitrogens with one attached hydrogen (secondary N) is 2. The summed E-state index contributed by atoms with van der Waals surface area (Å²) in [4.78, 5) is 37.1. The van der Waals surface area contributed by atoms with Gasteiger partial charge in [-0.2, -0.15) is 9.97 Å². The van der Waals surface area contributed by atoms with Crippen molar-refractivity contribution in [1.29, 1.82) is 0 Å². The number of amides is 2. The Balaban J connectivity index is 1.52. The van der Waals surface area contributed by atoms with E-state index in [0.717, 1.165) is 19.3 Å². The quantitative estimate of drug-likeness (QED) is 0.393. The molecular formula is C20H29N7O5. The Morgan fingerprint density at radius 2 is 2.00 bits per heavy atom. The second-order valence-corrected chi connectivity index (χ2v) is 8.32. The molecule has 0 bridgehead atoms. The van der Waals surface area contributed by atoms with Crippen LogP contribution in [0.3, 0.4) is 0 Å². The molecular weight excluding hydrogens is 418 g/mol. The normalized spacial score (nSPS) is 26.0. The maximum atomic E-state index is 12.4. The molecule has 12 nitrogen and oxygen atoms in total. The van der Waals surface area contributed by atoms with E-state index in [1.54, 1.807) is 6.92 Å². The first-order valence-electron chi connectivity index (χ1n) is 11.0. The van der Waals surface area contributed by atoms with Gasteiger partial charge in [0, 0.05) is 13.0 Å². The summed E-state index contributed by atoms with van der Waals surface area (Å²) in [6.07, 6.45) is 2.08. The number of aromatic nitrogens is 4. The van der Waals surface area contributed by atoms with Crippen LogP contribution in [0.1, 0.15) is 51.7 Å². The lowest BCUT2D eigenvalue weighted by Crippen LogP contribution is -2.42. The molecule has 1 saturated carbocycles. The molecule has 0 spiro atoms. The fourth-order valence-corrected chi connectivity index (χ4v) is 4.38. The van der Waals surface area contributed by atoms with Crippen molar-refractivity contribution in [2.75, 3.05) is 17.6 Å². The predicted molar refractivity (Wildman–Crippen MR) is 114 cm³/mol. The molecule has 2 aromatic rings. The van der Waals surface area contributed by atoms with Gasteiger partial charge in [0.15, 0.2) is 23.8 Å². The minimum absolute atomic E-state index is 0.0153. The number of likely N-dealkylation sites (N-methyl/N-ethyl adjacent to an activating group) is 1. The predicted octanol–water partition coefficient (Wildman–Crippen LogP) is 0.0727. The summed E-state index contributed by atoms with van der Waals surface area (Å²) in [5, 5.41) is 26.0. The molecule has 4 rings (SSSR count). The van der Waals surface area contributed by atoms with Gasteiger partial charge >= 0.3 is 0 Å². The fraction of sp³-hybridized carbons (Fsp3) is 0.650. The highest BCUT2D eigenvalue weighted by molar-refractivity contribution is 5.91. The molecule has 0 unspecified atom stereocenters. The highest BCUT2D eigenvalue weighted by atomic mass is 16.6. The van der Waals surface area contributed by atoms with Crippen molar-refractivity contribution < 1.29 is 24.5 Å². The second kappa shape index (κ2) is 9.35. The van der Waals surface area contributed by atoms with Gasteiger partial charge in [0.05, 0.1) is 6.33 Å². The van der Waals surface area contributed by atoms with Crippen LogP contribution in [0.5, 0.6) is 0 Å². The van der Waals surface area contributed by atoms with Crippen LogP contribution >= 0.6 is 0 Å². The first kappa shape index (κ1) is 22.4. The van der Waals surface area contributed by atoms with E-state index in [-0.39, 0.29) is 28.8 Å². The van der Waals surface area contributed by atoms with Gasteiger partial charge in [-0.1, -0.05) is 25.7 Å². The minimum Gasteiger partial charge on any atom is -0.387 e. The van der Waals surface area contributed by atoms with E-state index in [2.05, 4.69) is 25.6 Å². The van der Waals surface area contributed by atoms with Crippen LogP contribution in [-0.4, -0.2) is 66.4 Å². The summed E-state index contributed by atoms with van der Waals surface area (Å²) in [5.74, 6) is -0.0866. The van der Waals surface area contributed by atoms with Gasteiger partial charge in [-0.15, -0.1) is 0 Å². The number of nitrogens with two attached hydrogens (primary N) is 1. The molecule has 12 heteroatoms. The first-order chi connectivity index (χ1) is 15.4.